The lowest BCUT2D eigenvalue weighted by Gasteiger charge is -2.32. The highest BCUT2D eigenvalue weighted by atomic mass is 16.3. The average molecular weight is 244 g/mol. The zero-order valence-corrected chi connectivity index (χ0v) is 10.4. The van der Waals surface area contributed by atoms with Gasteiger partial charge in [-0.3, -0.25) is 4.79 Å². The summed E-state index contributed by atoms with van der Waals surface area (Å²) >= 11 is 0. The molecule has 0 spiro atoms. The minimum Gasteiger partial charge on any atom is -0.464 e. The molecular formula is C14H16N2O2. The minimum atomic E-state index is 0.117. The predicted octanol–water partition coefficient (Wildman–Crippen LogP) is 1.82. The monoisotopic (exact) mass is 244 g/mol. The van der Waals surface area contributed by atoms with E-state index < -0.39 is 0 Å². The fourth-order valence-electron chi connectivity index (χ4n) is 2.29. The van der Waals surface area contributed by atoms with Gasteiger partial charge in [-0.2, -0.15) is 0 Å². The molecule has 1 aromatic heterocycles. The quantitative estimate of drug-likeness (QED) is 0.767. The van der Waals surface area contributed by atoms with Crippen molar-refractivity contribution in [3.63, 3.8) is 0 Å². The normalized spacial score (nSPS) is 17.3. The van der Waals surface area contributed by atoms with Gasteiger partial charge in [-0.25, -0.2) is 0 Å². The molecule has 2 heterocycles. The Balaban J connectivity index is 1.82. The number of likely N-dealkylation sites (N-methyl/N-ethyl adjacent to an activating group) is 1. The van der Waals surface area contributed by atoms with Gasteiger partial charge >= 0.3 is 0 Å². The number of carbonyl (C=O) groups excluding carboxylic acids is 1. The maximum atomic E-state index is 12.3. The molecule has 1 aliphatic rings. The summed E-state index contributed by atoms with van der Waals surface area (Å²) in [5.41, 5.74) is 1.57. The van der Waals surface area contributed by atoms with Crippen LogP contribution in [0.2, 0.25) is 0 Å². The summed E-state index contributed by atoms with van der Waals surface area (Å²) < 4.78 is 5.28. The highest BCUT2D eigenvalue weighted by Gasteiger charge is 2.20. The van der Waals surface area contributed by atoms with E-state index in [1.807, 2.05) is 29.2 Å². The molecule has 2 aromatic rings. The Labute approximate surface area is 106 Å². The molecule has 0 aliphatic carbocycles. The van der Waals surface area contributed by atoms with Crippen molar-refractivity contribution in [1.82, 2.24) is 9.80 Å². The SMILES string of the molecule is CN1CCN(C(=O)c2ccc3occc3c2)CC1. The maximum absolute atomic E-state index is 12.3. The molecule has 0 atom stereocenters. The van der Waals surface area contributed by atoms with Gasteiger partial charge in [-0.05, 0) is 31.3 Å². The first-order valence-corrected chi connectivity index (χ1v) is 6.19. The van der Waals surface area contributed by atoms with E-state index in [2.05, 4.69) is 11.9 Å². The summed E-state index contributed by atoms with van der Waals surface area (Å²) in [4.78, 5) is 16.5. The molecule has 1 saturated heterocycles. The molecule has 0 radical (unpaired) electrons. The smallest absolute Gasteiger partial charge is 0.253 e. The molecule has 0 N–H and O–H groups in total. The number of hydrogen-bond acceptors (Lipinski definition) is 3. The van der Waals surface area contributed by atoms with Gasteiger partial charge in [0.15, 0.2) is 0 Å². The molecule has 1 aromatic carbocycles. The molecule has 1 aliphatic heterocycles. The van der Waals surface area contributed by atoms with E-state index in [4.69, 9.17) is 4.42 Å². The van der Waals surface area contributed by atoms with E-state index in [0.29, 0.717) is 0 Å². The van der Waals surface area contributed by atoms with Gasteiger partial charge in [-0.1, -0.05) is 0 Å². The second kappa shape index (κ2) is 4.46. The predicted molar refractivity (Wildman–Crippen MR) is 69.6 cm³/mol. The second-order valence-corrected chi connectivity index (χ2v) is 4.77. The number of benzene rings is 1. The first-order chi connectivity index (χ1) is 8.74. The van der Waals surface area contributed by atoms with Gasteiger partial charge < -0.3 is 14.2 Å². The number of carbonyl (C=O) groups is 1. The Hall–Kier alpha value is -1.81. The van der Waals surface area contributed by atoms with Gasteiger partial charge in [0.05, 0.1) is 6.26 Å². The molecule has 4 heteroatoms. The Morgan fingerprint density at radius 3 is 2.72 bits per heavy atom. The van der Waals surface area contributed by atoms with Crippen LogP contribution in [0.1, 0.15) is 10.4 Å². The molecule has 18 heavy (non-hydrogen) atoms. The van der Waals surface area contributed by atoms with Crippen LogP contribution in [0.25, 0.3) is 11.0 Å². The molecule has 94 valence electrons. The molecule has 1 fully saturated rings. The van der Waals surface area contributed by atoms with Crippen LogP contribution in [-0.2, 0) is 0 Å². The molecular weight excluding hydrogens is 228 g/mol. The van der Waals surface area contributed by atoms with Crippen LogP contribution in [-0.4, -0.2) is 48.9 Å². The first kappa shape index (κ1) is 11.3. The van der Waals surface area contributed by atoms with Crippen LogP contribution in [0.3, 0.4) is 0 Å². The number of nitrogens with zero attached hydrogens (tertiary/aromatic N) is 2. The van der Waals surface area contributed by atoms with Crippen molar-refractivity contribution in [3.05, 3.63) is 36.1 Å². The van der Waals surface area contributed by atoms with Gasteiger partial charge in [0.25, 0.3) is 5.91 Å². The number of rotatable bonds is 1. The average Bonchev–Trinajstić information content (AvgIpc) is 2.86. The van der Waals surface area contributed by atoms with Crippen LogP contribution in [0.4, 0.5) is 0 Å². The van der Waals surface area contributed by atoms with Crippen molar-refractivity contribution < 1.29 is 9.21 Å². The Bertz CT molecular complexity index is 568. The number of piperazine rings is 1. The summed E-state index contributed by atoms with van der Waals surface area (Å²) in [6.07, 6.45) is 1.65. The van der Waals surface area contributed by atoms with E-state index in [1.165, 1.54) is 0 Å². The molecule has 3 rings (SSSR count). The van der Waals surface area contributed by atoms with Crippen molar-refractivity contribution in [1.29, 1.82) is 0 Å². The third-order valence-corrected chi connectivity index (χ3v) is 3.49. The molecule has 0 bridgehead atoms. The van der Waals surface area contributed by atoms with Crippen LogP contribution >= 0.6 is 0 Å². The number of amides is 1. The van der Waals surface area contributed by atoms with Gasteiger partial charge in [-0.15, -0.1) is 0 Å². The highest BCUT2D eigenvalue weighted by Crippen LogP contribution is 2.18. The van der Waals surface area contributed by atoms with Gasteiger partial charge in [0.2, 0.25) is 0 Å². The van der Waals surface area contributed by atoms with E-state index in [-0.39, 0.29) is 5.91 Å². The molecule has 0 saturated carbocycles. The fourth-order valence-corrected chi connectivity index (χ4v) is 2.29. The lowest BCUT2D eigenvalue weighted by molar-refractivity contribution is 0.0664. The summed E-state index contributed by atoms with van der Waals surface area (Å²) in [7, 11) is 2.08. The standard InChI is InChI=1S/C14H16N2O2/c1-15-5-7-16(8-6-15)14(17)12-2-3-13-11(10-12)4-9-18-13/h2-4,9-10H,5-8H2,1H3. The molecule has 4 nitrogen and oxygen atoms in total. The number of furan rings is 1. The Morgan fingerprint density at radius 2 is 1.94 bits per heavy atom. The molecule has 1 amide bonds. The maximum Gasteiger partial charge on any atom is 0.253 e. The highest BCUT2D eigenvalue weighted by molar-refractivity contribution is 5.97. The Morgan fingerprint density at radius 1 is 1.17 bits per heavy atom. The summed E-state index contributed by atoms with van der Waals surface area (Å²) in [5, 5.41) is 0.981. The Kier molecular flexibility index (Phi) is 2.80. The lowest BCUT2D eigenvalue weighted by atomic mass is 10.1. The third-order valence-electron chi connectivity index (χ3n) is 3.49. The van der Waals surface area contributed by atoms with Crippen LogP contribution in [0.5, 0.6) is 0 Å². The zero-order valence-electron chi connectivity index (χ0n) is 10.4. The second-order valence-electron chi connectivity index (χ2n) is 4.77. The van der Waals surface area contributed by atoms with Crippen molar-refractivity contribution in [2.24, 2.45) is 0 Å². The zero-order chi connectivity index (χ0) is 12.5. The van der Waals surface area contributed by atoms with Crippen molar-refractivity contribution in [2.45, 2.75) is 0 Å². The lowest BCUT2D eigenvalue weighted by Crippen LogP contribution is -2.47. The van der Waals surface area contributed by atoms with E-state index >= 15 is 0 Å². The van der Waals surface area contributed by atoms with Crippen LogP contribution < -0.4 is 0 Å². The van der Waals surface area contributed by atoms with Crippen molar-refractivity contribution >= 4 is 16.9 Å². The van der Waals surface area contributed by atoms with E-state index in [1.54, 1.807) is 6.26 Å². The summed E-state index contributed by atoms with van der Waals surface area (Å²) in [5.74, 6) is 0.117. The minimum absolute atomic E-state index is 0.117. The largest absolute Gasteiger partial charge is 0.464 e. The van der Waals surface area contributed by atoms with E-state index in [0.717, 1.165) is 42.7 Å². The summed E-state index contributed by atoms with van der Waals surface area (Å²) in [6, 6.07) is 7.49. The number of hydrogen-bond donors (Lipinski definition) is 0. The van der Waals surface area contributed by atoms with Crippen LogP contribution in [0, 0.1) is 0 Å². The van der Waals surface area contributed by atoms with Crippen LogP contribution in [0.15, 0.2) is 34.9 Å². The first-order valence-electron chi connectivity index (χ1n) is 6.19. The van der Waals surface area contributed by atoms with Gasteiger partial charge in [0, 0.05) is 37.1 Å². The molecule has 0 unspecified atom stereocenters. The van der Waals surface area contributed by atoms with Gasteiger partial charge in [0.1, 0.15) is 5.58 Å². The third kappa shape index (κ3) is 1.99. The topological polar surface area (TPSA) is 36.7 Å². The van der Waals surface area contributed by atoms with Crippen molar-refractivity contribution in [3.8, 4) is 0 Å². The number of fused-ring (bicyclic) bond motifs is 1. The fraction of sp³-hybridized carbons (Fsp3) is 0.357. The van der Waals surface area contributed by atoms with Crippen molar-refractivity contribution in [2.75, 3.05) is 33.2 Å². The van der Waals surface area contributed by atoms with E-state index in [9.17, 15) is 4.79 Å². The summed E-state index contributed by atoms with van der Waals surface area (Å²) in [6.45, 7) is 3.50.